The maximum Gasteiger partial charge on any atom is 0.128 e. The van der Waals surface area contributed by atoms with Crippen molar-refractivity contribution in [3.8, 4) is 0 Å². The smallest absolute Gasteiger partial charge is 0.128 e. The van der Waals surface area contributed by atoms with Crippen molar-refractivity contribution in [2.45, 2.75) is 13.8 Å². The second-order valence-electron chi connectivity index (χ2n) is 5.35. The summed E-state index contributed by atoms with van der Waals surface area (Å²) in [7, 11) is 0. The van der Waals surface area contributed by atoms with Crippen LogP contribution in [-0.4, -0.2) is 42.6 Å². The fraction of sp³-hybridized carbons (Fsp3) is 0.615. The van der Waals surface area contributed by atoms with Gasteiger partial charge in [-0.15, -0.1) is 0 Å². The summed E-state index contributed by atoms with van der Waals surface area (Å²) < 4.78 is 0. The van der Waals surface area contributed by atoms with E-state index in [1.165, 1.54) is 38.3 Å². The van der Waals surface area contributed by atoms with E-state index in [9.17, 15) is 0 Å². The van der Waals surface area contributed by atoms with Crippen LogP contribution in [0.4, 0.5) is 5.82 Å². The van der Waals surface area contributed by atoms with Crippen molar-refractivity contribution in [3.63, 3.8) is 0 Å². The maximum atomic E-state index is 4.48. The molecule has 0 aliphatic carbocycles. The third kappa shape index (κ3) is 1.50. The van der Waals surface area contributed by atoms with Crippen LogP contribution in [0.25, 0.3) is 0 Å². The molecule has 0 atom stereocenters. The van der Waals surface area contributed by atoms with Crippen LogP contribution in [0.2, 0.25) is 0 Å². The topological polar surface area (TPSA) is 19.4 Å². The molecule has 3 heterocycles. The number of anilines is 1. The monoisotopic (exact) mass is 217 g/mol. The summed E-state index contributed by atoms with van der Waals surface area (Å²) in [6.07, 6.45) is 1.96. The van der Waals surface area contributed by atoms with E-state index in [-0.39, 0.29) is 0 Å². The van der Waals surface area contributed by atoms with E-state index < -0.39 is 0 Å². The standard InChI is InChI=1S/C13H19N3/c1-3-15-7-13(8-15)9-16(10-13)12-5-4-11(2)6-14-12/h4-6H,3,7-10H2,1-2H3. The molecule has 86 valence electrons. The van der Waals surface area contributed by atoms with Gasteiger partial charge in [0.2, 0.25) is 0 Å². The van der Waals surface area contributed by atoms with E-state index in [1.54, 1.807) is 0 Å². The first-order valence-electron chi connectivity index (χ1n) is 6.11. The van der Waals surface area contributed by atoms with Crippen LogP contribution in [0, 0.1) is 12.3 Å². The SMILES string of the molecule is CCN1CC2(C1)CN(c1ccc(C)cn1)C2. The molecule has 2 fully saturated rings. The van der Waals surface area contributed by atoms with Crippen molar-refractivity contribution >= 4 is 5.82 Å². The van der Waals surface area contributed by atoms with Crippen molar-refractivity contribution < 1.29 is 0 Å². The van der Waals surface area contributed by atoms with Gasteiger partial charge < -0.3 is 9.80 Å². The van der Waals surface area contributed by atoms with Crippen molar-refractivity contribution in [1.29, 1.82) is 0 Å². The lowest BCUT2D eigenvalue weighted by Crippen LogP contribution is -2.72. The summed E-state index contributed by atoms with van der Waals surface area (Å²) >= 11 is 0. The molecule has 0 unspecified atom stereocenters. The highest BCUT2D eigenvalue weighted by molar-refractivity contribution is 5.44. The van der Waals surface area contributed by atoms with Crippen molar-refractivity contribution in [2.24, 2.45) is 5.41 Å². The van der Waals surface area contributed by atoms with Crippen LogP contribution in [0.1, 0.15) is 12.5 Å². The summed E-state index contributed by atoms with van der Waals surface area (Å²) in [4.78, 5) is 9.38. The number of pyridine rings is 1. The Morgan fingerprint density at radius 1 is 1.25 bits per heavy atom. The van der Waals surface area contributed by atoms with E-state index in [0.29, 0.717) is 5.41 Å². The molecular formula is C13H19N3. The van der Waals surface area contributed by atoms with Crippen LogP contribution in [0.15, 0.2) is 18.3 Å². The van der Waals surface area contributed by atoms with Crippen LogP contribution >= 0.6 is 0 Å². The Labute approximate surface area is 97.1 Å². The van der Waals surface area contributed by atoms with Gasteiger partial charge in [-0.05, 0) is 25.1 Å². The molecule has 2 saturated heterocycles. The molecule has 2 aliphatic heterocycles. The molecule has 16 heavy (non-hydrogen) atoms. The molecule has 0 bridgehead atoms. The average molecular weight is 217 g/mol. The van der Waals surface area contributed by atoms with Gasteiger partial charge in [0, 0.05) is 37.8 Å². The first-order valence-corrected chi connectivity index (χ1v) is 6.11. The summed E-state index contributed by atoms with van der Waals surface area (Å²) in [5, 5.41) is 0. The Morgan fingerprint density at radius 3 is 2.56 bits per heavy atom. The minimum absolute atomic E-state index is 0.600. The van der Waals surface area contributed by atoms with E-state index in [4.69, 9.17) is 0 Å². The Balaban J connectivity index is 1.60. The Bertz CT molecular complexity index is 371. The molecule has 0 aromatic carbocycles. The summed E-state index contributed by atoms with van der Waals surface area (Å²) in [6.45, 7) is 10.5. The fourth-order valence-corrected chi connectivity index (χ4v) is 2.90. The molecule has 3 rings (SSSR count). The first-order chi connectivity index (χ1) is 7.71. The van der Waals surface area contributed by atoms with Gasteiger partial charge in [0.25, 0.3) is 0 Å². The molecule has 0 N–H and O–H groups in total. The highest BCUT2D eigenvalue weighted by atomic mass is 15.3. The highest BCUT2D eigenvalue weighted by Crippen LogP contribution is 2.40. The average Bonchev–Trinajstić information content (AvgIpc) is 2.17. The van der Waals surface area contributed by atoms with Crippen molar-refractivity contribution in [2.75, 3.05) is 37.6 Å². The molecule has 0 amide bonds. The van der Waals surface area contributed by atoms with Gasteiger partial charge in [-0.3, -0.25) is 0 Å². The predicted octanol–water partition coefficient (Wildman–Crippen LogP) is 1.53. The van der Waals surface area contributed by atoms with Crippen molar-refractivity contribution in [3.05, 3.63) is 23.9 Å². The number of rotatable bonds is 2. The molecule has 0 radical (unpaired) electrons. The Morgan fingerprint density at radius 2 is 2.00 bits per heavy atom. The number of likely N-dealkylation sites (tertiary alicyclic amines) is 1. The minimum Gasteiger partial charge on any atom is -0.355 e. The third-order valence-corrected chi connectivity index (χ3v) is 3.84. The number of hydrogen-bond donors (Lipinski definition) is 0. The van der Waals surface area contributed by atoms with Gasteiger partial charge in [0.05, 0.1) is 0 Å². The summed E-state index contributed by atoms with van der Waals surface area (Å²) in [5.41, 5.74) is 1.84. The quantitative estimate of drug-likeness (QED) is 0.749. The lowest BCUT2D eigenvalue weighted by molar-refractivity contribution is -0.0181. The number of nitrogens with zero attached hydrogens (tertiary/aromatic N) is 3. The highest BCUT2D eigenvalue weighted by Gasteiger charge is 2.51. The Hall–Kier alpha value is -1.09. The normalized spacial score (nSPS) is 23.0. The third-order valence-electron chi connectivity index (χ3n) is 3.84. The molecule has 3 nitrogen and oxygen atoms in total. The van der Waals surface area contributed by atoms with Crippen LogP contribution in [0.3, 0.4) is 0 Å². The van der Waals surface area contributed by atoms with E-state index in [1.807, 2.05) is 6.20 Å². The molecular weight excluding hydrogens is 198 g/mol. The molecule has 3 heteroatoms. The predicted molar refractivity (Wildman–Crippen MR) is 65.7 cm³/mol. The maximum absolute atomic E-state index is 4.48. The van der Waals surface area contributed by atoms with E-state index in [0.717, 1.165) is 5.82 Å². The van der Waals surface area contributed by atoms with Gasteiger partial charge in [-0.1, -0.05) is 13.0 Å². The second-order valence-corrected chi connectivity index (χ2v) is 5.35. The zero-order valence-electron chi connectivity index (χ0n) is 10.1. The number of aryl methyl sites for hydroxylation is 1. The van der Waals surface area contributed by atoms with E-state index >= 15 is 0 Å². The van der Waals surface area contributed by atoms with Gasteiger partial charge >= 0.3 is 0 Å². The largest absolute Gasteiger partial charge is 0.355 e. The zero-order valence-corrected chi connectivity index (χ0v) is 10.1. The molecule has 1 spiro atoms. The first kappa shape index (κ1) is 10.1. The fourth-order valence-electron chi connectivity index (χ4n) is 2.90. The molecule has 1 aromatic rings. The molecule has 1 aromatic heterocycles. The lowest BCUT2D eigenvalue weighted by atomic mass is 9.73. The van der Waals surface area contributed by atoms with Gasteiger partial charge in [0.15, 0.2) is 0 Å². The van der Waals surface area contributed by atoms with Crippen LogP contribution in [-0.2, 0) is 0 Å². The zero-order chi connectivity index (χ0) is 11.2. The van der Waals surface area contributed by atoms with Crippen molar-refractivity contribution in [1.82, 2.24) is 9.88 Å². The van der Waals surface area contributed by atoms with Crippen LogP contribution in [0.5, 0.6) is 0 Å². The van der Waals surface area contributed by atoms with E-state index in [2.05, 4.69) is 40.8 Å². The Kier molecular flexibility index (Phi) is 2.18. The van der Waals surface area contributed by atoms with Gasteiger partial charge in [0.1, 0.15) is 5.82 Å². The van der Waals surface area contributed by atoms with Crippen LogP contribution < -0.4 is 4.90 Å². The summed E-state index contributed by atoms with van der Waals surface area (Å²) in [5.74, 6) is 1.14. The van der Waals surface area contributed by atoms with Gasteiger partial charge in [-0.25, -0.2) is 4.98 Å². The number of aromatic nitrogens is 1. The summed E-state index contributed by atoms with van der Waals surface area (Å²) in [6, 6.07) is 4.28. The molecule has 0 saturated carbocycles. The lowest BCUT2D eigenvalue weighted by Gasteiger charge is -2.60. The molecule has 2 aliphatic rings. The van der Waals surface area contributed by atoms with Gasteiger partial charge in [-0.2, -0.15) is 0 Å². The number of hydrogen-bond acceptors (Lipinski definition) is 3. The minimum atomic E-state index is 0.600. The second kappa shape index (κ2) is 3.45.